The van der Waals surface area contributed by atoms with E-state index in [1.54, 1.807) is 11.4 Å². The Morgan fingerprint density at radius 2 is 2.14 bits per heavy atom. The number of hydrogen-bond acceptors (Lipinski definition) is 4. The fraction of sp³-hybridized carbons (Fsp3) is 0.100. The van der Waals surface area contributed by atoms with Crippen molar-refractivity contribution in [2.24, 2.45) is 0 Å². The summed E-state index contributed by atoms with van der Waals surface area (Å²) in [6.45, 7) is 1.91. The maximum Gasteiger partial charge on any atom is 0.214 e. The zero-order valence-electron chi connectivity index (χ0n) is 7.60. The van der Waals surface area contributed by atoms with Gasteiger partial charge in [0.15, 0.2) is 0 Å². The van der Waals surface area contributed by atoms with E-state index in [-0.39, 0.29) is 5.78 Å². The lowest BCUT2D eigenvalue weighted by Gasteiger charge is -2.00. The Kier molecular flexibility index (Phi) is 2.37. The van der Waals surface area contributed by atoms with Gasteiger partial charge < -0.3 is 0 Å². The molecule has 3 nitrogen and oxygen atoms in total. The highest BCUT2D eigenvalue weighted by Gasteiger charge is 2.13. The van der Waals surface area contributed by atoms with Crippen molar-refractivity contribution in [2.75, 3.05) is 0 Å². The number of rotatable bonds is 2. The summed E-state index contributed by atoms with van der Waals surface area (Å²) in [7, 11) is 0. The second kappa shape index (κ2) is 3.67. The summed E-state index contributed by atoms with van der Waals surface area (Å²) in [6, 6.07) is 7.47. The molecule has 0 amide bonds. The number of hydrogen-bond donors (Lipinski definition) is 0. The number of ketones is 1. The maximum atomic E-state index is 11.8. The Hall–Kier alpha value is -1.55. The first-order chi connectivity index (χ1) is 6.79. The van der Waals surface area contributed by atoms with E-state index in [2.05, 4.69) is 9.59 Å². The van der Waals surface area contributed by atoms with Gasteiger partial charge in [0.25, 0.3) is 0 Å². The molecule has 2 rings (SSSR count). The molecule has 1 aromatic carbocycles. The monoisotopic (exact) mass is 204 g/mol. The Bertz CT molecular complexity index is 451. The van der Waals surface area contributed by atoms with E-state index >= 15 is 0 Å². The summed E-state index contributed by atoms with van der Waals surface area (Å²) in [5.74, 6) is -0.0585. The van der Waals surface area contributed by atoms with Crippen LogP contribution in [0.4, 0.5) is 0 Å². The molecule has 0 fully saturated rings. The van der Waals surface area contributed by atoms with Crippen LogP contribution in [0.15, 0.2) is 29.6 Å². The van der Waals surface area contributed by atoms with E-state index < -0.39 is 0 Å². The van der Waals surface area contributed by atoms with Crippen LogP contribution in [0.25, 0.3) is 0 Å². The first kappa shape index (κ1) is 9.02. The second-order valence-corrected chi connectivity index (χ2v) is 3.54. The lowest BCUT2D eigenvalue weighted by Crippen LogP contribution is -2.03. The molecule has 0 spiro atoms. The number of nitrogens with zero attached hydrogens (tertiary/aromatic N) is 2. The quantitative estimate of drug-likeness (QED) is 0.703. The first-order valence-corrected chi connectivity index (χ1v) is 5.00. The molecule has 0 saturated heterocycles. The minimum absolute atomic E-state index is 0.0585. The molecule has 2 aromatic rings. The Morgan fingerprint density at radius 1 is 1.36 bits per heavy atom. The first-order valence-electron chi connectivity index (χ1n) is 4.16. The van der Waals surface area contributed by atoms with Crippen LogP contribution in [0.2, 0.25) is 0 Å². The van der Waals surface area contributed by atoms with Gasteiger partial charge in [-0.3, -0.25) is 4.79 Å². The van der Waals surface area contributed by atoms with Crippen molar-refractivity contribution in [3.63, 3.8) is 0 Å². The number of benzene rings is 1. The van der Waals surface area contributed by atoms with Crippen molar-refractivity contribution in [1.29, 1.82) is 0 Å². The summed E-state index contributed by atoms with van der Waals surface area (Å²) in [5.41, 5.74) is 2.08. The Labute approximate surface area is 85.6 Å². The van der Waals surface area contributed by atoms with Crippen molar-refractivity contribution in [3.05, 3.63) is 46.5 Å². The molecule has 0 atom stereocenters. The largest absolute Gasteiger partial charge is 0.287 e. The molecule has 70 valence electrons. The molecule has 1 aromatic heterocycles. The topological polar surface area (TPSA) is 42.9 Å². The van der Waals surface area contributed by atoms with E-state index in [9.17, 15) is 4.79 Å². The van der Waals surface area contributed by atoms with Crippen molar-refractivity contribution < 1.29 is 4.79 Å². The Morgan fingerprint density at radius 3 is 2.79 bits per heavy atom. The summed E-state index contributed by atoms with van der Waals surface area (Å²) in [6.07, 6.45) is 0. The molecule has 0 radical (unpaired) electrons. The zero-order chi connectivity index (χ0) is 9.97. The van der Waals surface area contributed by atoms with Gasteiger partial charge in [0, 0.05) is 10.9 Å². The molecule has 0 aliphatic heterocycles. The summed E-state index contributed by atoms with van der Waals surface area (Å²) in [5, 5.41) is 5.41. The number of aryl methyl sites for hydroxylation is 1. The fourth-order valence-corrected chi connectivity index (χ4v) is 1.67. The van der Waals surface area contributed by atoms with E-state index in [1.165, 1.54) is 11.5 Å². The van der Waals surface area contributed by atoms with Crippen molar-refractivity contribution in [2.45, 2.75) is 6.92 Å². The molecule has 1 heterocycles. The predicted molar refractivity (Wildman–Crippen MR) is 54.5 cm³/mol. The van der Waals surface area contributed by atoms with Crippen LogP contribution >= 0.6 is 11.5 Å². The standard InChI is InChI=1S/C10H8N2OS/c1-7-4-2-3-5-8(7)10(13)9-6-14-12-11-9/h2-6H,1H3. The molecule has 0 N–H and O–H groups in total. The summed E-state index contributed by atoms with van der Waals surface area (Å²) < 4.78 is 3.67. The highest BCUT2D eigenvalue weighted by Crippen LogP contribution is 2.12. The van der Waals surface area contributed by atoms with Crippen LogP contribution in [0.5, 0.6) is 0 Å². The van der Waals surface area contributed by atoms with Crippen LogP contribution in [0.3, 0.4) is 0 Å². The third-order valence-electron chi connectivity index (χ3n) is 1.98. The van der Waals surface area contributed by atoms with Gasteiger partial charge in [0.2, 0.25) is 5.78 Å². The lowest BCUT2D eigenvalue weighted by atomic mass is 10.0. The van der Waals surface area contributed by atoms with Crippen LogP contribution in [-0.2, 0) is 0 Å². The summed E-state index contributed by atoms with van der Waals surface area (Å²) >= 11 is 1.19. The molecule has 14 heavy (non-hydrogen) atoms. The minimum Gasteiger partial charge on any atom is -0.287 e. The highest BCUT2D eigenvalue weighted by atomic mass is 32.1. The van der Waals surface area contributed by atoms with Gasteiger partial charge in [0.1, 0.15) is 5.69 Å². The predicted octanol–water partition coefficient (Wildman–Crippen LogP) is 2.08. The SMILES string of the molecule is Cc1ccccc1C(=O)c1csnn1. The van der Waals surface area contributed by atoms with Crippen LogP contribution in [-0.4, -0.2) is 15.4 Å². The summed E-state index contributed by atoms with van der Waals surface area (Å²) in [4.78, 5) is 11.8. The average Bonchev–Trinajstić information content (AvgIpc) is 2.70. The molecular formula is C10H8N2OS. The molecule has 0 unspecified atom stereocenters. The average molecular weight is 204 g/mol. The van der Waals surface area contributed by atoms with E-state index in [0.29, 0.717) is 11.3 Å². The number of carbonyl (C=O) groups excluding carboxylic acids is 1. The Balaban J connectivity index is 2.42. The molecule has 4 heteroatoms. The van der Waals surface area contributed by atoms with Gasteiger partial charge in [-0.1, -0.05) is 28.8 Å². The maximum absolute atomic E-state index is 11.8. The van der Waals surface area contributed by atoms with Gasteiger partial charge in [-0.05, 0) is 24.0 Å². The smallest absolute Gasteiger partial charge is 0.214 e. The second-order valence-electron chi connectivity index (χ2n) is 2.93. The molecular weight excluding hydrogens is 196 g/mol. The molecule has 0 saturated carbocycles. The van der Waals surface area contributed by atoms with Crippen molar-refractivity contribution in [1.82, 2.24) is 9.59 Å². The van der Waals surface area contributed by atoms with E-state index in [1.807, 2.05) is 25.1 Å². The number of carbonyl (C=O) groups is 1. The molecule has 0 aliphatic carbocycles. The normalized spacial score (nSPS) is 10.1. The minimum atomic E-state index is -0.0585. The van der Waals surface area contributed by atoms with Gasteiger partial charge >= 0.3 is 0 Å². The lowest BCUT2D eigenvalue weighted by molar-refractivity contribution is 0.103. The van der Waals surface area contributed by atoms with Gasteiger partial charge in [-0.25, -0.2) is 0 Å². The third-order valence-corrected chi connectivity index (χ3v) is 2.49. The van der Waals surface area contributed by atoms with Gasteiger partial charge in [-0.15, -0.1) is 5.10 Å². The highest BCUT2D eigenvalue weighted by molar-refractivity contribution is 7.03. The van der Waals surface area contributed by atoms with Crippen LogP contribution in [0, 0.1) is 6.92 Å². The van der Waals surface area contributed by atoms with Gasteiger partial charge in [-0.2, -0.15) is 0 Å². The molecule has 0 bridgehead atoms. The van der Waals surface area contributed by atoms with Crippen LogP contribution < -0.4 is 0 Å². The van der Waals surface area contributed by atoms with Crippen molar-refractivity contribution in [3.8, 4) is 0 Å². The molecule has 0 aliphatic rings. The number of aromatic nitrogens is 2. The zero-order valence-corrected chi connectivity index (χ0v) is 8.41. The third kappa shape index (κ3) is 1.56. The van der Waals surface area contributed by atoms with E-state index in [4.69, 9.17) is 0 Å². The van der Waals surface area contributed by atoms with Crippen molar-refractivity contribution >= 4 is 17.3 Å². The van der Waals surface area contributed by atoms with Crippen LogP contribution in [0.1, 0.15) is 21.6 Å². The van der Waals surface area contributed by atoms with Gasteiger partial charge in [0.05, 0.1) is 0 Å². The van der Waals surface area contributed by atoms with E-state index in [0.717, 1.165) is 5.56 Å². The fourth-order valence-electron chi connectivity index (χ4n) is 1.23.